The first-order chi connectivity index (χ1) is 11.6. The van der Waals surface area contributed by atoms with Crippen LogP contribution in [0.5, 0.6) is 5.75 Å². The molecule has 0 spiro atoms. The lowest BCUT2D eigenvalue weighted by atomic mass is 10.1. The van der Waals surface area contributed by atoms with Crippen LogP contribution in [0.25, 0.3) is 0 Å². The van der Waals surface area contributed by atoms with E-state index in [1.807, 2.05) is 0 Å². The van der Waals surface area contributed by atoms with Gasteiger partial charge in [-0.3, -0.25) is 14.9 Å². The van der Waals surface area contributed by atoms with E-state index in [4.69, 9.17) is 0 Å². The second-order valence-corrected chi connectivity index (χ2v) is 5.70. The maximum absolute atomic E-state index is 12.4. The molecular formula is C17H13N3O3S. The van der Waals surface area contributed by atoms with Gasteiger partial charge in [-0.25, -0.2) is 4.98 Å². The molecule has 120 valence electrons. The molecule has 0 bridgehead atoms. The summed E-state index contributed by atoms with van der Waals surface area (Å²) in [5, 5.41) is 17.3. The van der Waals surface area contributed by atoms with Gasteiger partial charge in [0.1, 0.15) is 5.75 Å². The average molecular weight is 339 g/mol. The molecule has 1 heterocycles. The summed E-state index contributed by atoms with van der Waals surface area (Å²) in [7, 11) is 0. The number of hydrogen-bond acceptors (Lipinski definition) is 5. The number of thiazole rings is 1. The van der Waals surface area contributed by atoms with Gasteiger partial charge in [0.15, 0.2) is 5.13 Å². The van der Waals surface area contributed by atoms with Crippen molar-refractivity contribution in [3.63, 3.8) is 0 Å². The molecule has 0 unspecified atom stereocenters. The van der Waals surface area contributed by atoms with Gasteiger partial charge < -0.3 is 10.4 Å². The van der Waals surface area contributed by atoms with Gasteiger partial charge in [0, 0.05) is 11.6 Å². The molecule has 0 radical (unpaired) electrons. The molecule has 2 aromatic carbocycles. The molecule has 3 aromatic rings. The zero-order valence-electron chi connectivity index (χ0n) is 12.4. The molecular weight excluding hydrogens is 326 g/mol. The summed E-state index contributed by atoms with van der Waals surface area (Å²) < 4.78 is 0. The lowest BCUT2D eigenvalue weighted by molar-refractivity contribution is 0.102. The maximum Gasteiger partial charge on any atom is 0.259 e. The quantitative estimate of drug-likeness (QED) is 0.680. The van der Waals surface area contributed by atoms with Crippen molar-refractivity contribution < 1.29 is 14.7 Å². The molecule has 24 heavy (non-hydrogen) atoms. The van der Waals surface area contributed by atoms with Crippen LogP contribution in [-0.2, 0) is 0 Å². The Hall–Kier alpha value is -3.19. The molecule has 3 N–H and O–H groups in total. The molecule has 0 saturated heterocycles. The number of amides is 2. The van der Waals surface area contributed by atoms with E-state index >= 15 is 0 Å². The van der Waals surface area contributed by atoms with Crippen LogP contribution in [0.2, 0.25) is 0 Å². The van der Waals surface area contributed by atoms with Crippen molar-refractivity contribution in [3.8, 4) is 5.75 Å². The number of benzene rings is 2. The Morgan fingerprint density at radius 2 is 1.58 bits per heavy atom. The van der Waals surface area contributed by atoms with Crippen LogP contribution in [0.15, 0.2) is 60.1 Å². The highest BCUT2D eigenvalue weighted by Crippen LogP contribution is 2.21. The molecule has 0 aliphatic rings. The van der Waals surface area contributed by atoms with Crippen molar-refractivity contribution in [3.05, 3.63) is 71.2 Å². The Morgan fingerprint density at radius 1 is 0.917 bits per heavy atom. The fourth-order valence-electron chi connectivity index (χ4n) is 2.10. The van der Waals surface area contributed by atoms with Crippen molar-refractivity contribution in [1.29, 1.82) is 0 Å². The van der Waals surface area contributed by atoms with Crippen molar-refractivity contribution in [2.45, 2.75) is 0 Å². The molecule has 6 nitrogen and oxygen atoms in total. The standard InChI is InChI=1S/C17H13N3O3S/c21-14-8-4-2-6-12(14)16(23)19-13-7-3-1-5-11(13)15(22)20-17-18-9-10-24-17/h1-10,21H,(H,19,23)(H,18,20,22). The van der Waals surface area contributed by atoms with Gasteiger partial charge in [-0.05, 0) is 24.3 Å². The minimum absolute atomic E-state index is 0.125. The van der Waals surface area contributed by atoms with Crippen molar-refractivity contribution in [1.82, 2.24) is 4.98 Å². The van der Waals surface area contributed by atoms with Crippen LogP contribution in [0, 0.1) is 0 Å². The van der Waals surface area contributed by atoms with Gasteiger partial charge in [-0.1, -0.05) is 24.3 Å². The minimum atomic E-state index is -0.498. The van der Waals surface area contributed by atoms with E-state index in [9.17, 15) is 14.7 Å². The summed E-state index contributed by atoms with van der Waals surface area (Å²) in [5.74, 6) is -1.000. The van der Waals surface area contributed by atoms with Gasteiger partial charge in [0.05, 0.1) is 16.8 Å². The third-order valence-electron chi connectivity index (χ3n) is 3.22. The normalized spacial score (nSPS) is 10.2. The van der Waals surface area contributed by atoms with Crippen molar-refractivity contribution in [2.24, 2.45) is 0 Å². The highest BCUT2D eigenvalue weighted by atomic mass is 32.1. The number of phenolic OH excluding ortho intramolecular Hbond substituents is 1. The van der Waals surface area contributed by atoms with Crippen molar-refractivity contribution >= 4 is 34.0 Å². The number of carbonyl (C=O) groups excluding carboxylic acids is 2. The summed E-state index contributed by atoms with van der Waals surface area (Å²) in [4.78, 5) is 28.7. The summed E-state index contributed by atoms with van der Waals surface area (Å²) >= 11 is 1.30. The number of carbonyl (C=O) groups is 2. The first-order valence-electron chi connectivity index (χ1n) is 7.04. The molecule has 0 fully saturated rings. The van der Waals surface area contributed by atoms with E-state index in [0.717, 1.165) is 0 Å². The minimum Gasteiger partial charge on any atom is -0.507 e. The first-order valence-corrected chi connectivity index (χ1v) is 7.92. The Labute approximate surface area is 141 Å². The SMILES string of the molecule is O=C(Nc1ccccc1C(=O)Nc1nccs1)c1ccccc1O. The molecule has 0 saturated carbocycles. The lowest BCUT2D eigenvalue weighted by Gasteiger charge is -2.11. The van der Waals surface area contributed by atoms with E-state index in [-0.39, 0.29) is 17.2 Å². The monoisotopic (exact) mass is 339 g/mol. The smallest absolute Gasteiger partial charge is 0.259 e. The largest absolute Gasteiger partial charge is 0.507 e. The van der Waals surface area contributed by atoms with Crippen LogP contribution >= 0.6 is 11.3 Å². The molecule has 0 atom stereocenters. The molecule has 2 amide bonds. The van der Waals surface area contributed by atoms with Gasteiger partial charge >= 0.3 is 0 Å². The van der Waals surface area contributed by atoms with Gasteiger partial charge in [-0.15, -0.1) is 11.3 Å². The van der Waals surface area contributed by atoms with E-state index < -0.39 is 5.91 Å². The predicted octanol–water partition coefficient (Wildman–Crippen LogP) is 3.35. The van der Waals surface area contributed by atoms with Crippen LogP contribution < -0.4 is 10.6 Å². The maximum atomic E-state index is 12.4. The van der Waals surface area contributed by atoms with E-state index in [0.29, 0.717) is 16.4 Å². The molecule has 7 heteroatoms. The van der Waals surface area contributed by atoms with Crippen LogP contribution in [-0.4, -0.2) is 21.9 Å². The summed E-state index contributed by atoms with van der Waals surface area (Å²) in [6.07, 6.45) is 1.59. The number of rotatable bonds is 4. The number of aromatic nitrogens is 1. The van der Waals surface area contributed by atoms with Crippen LogP contribution in [0.1, 0.15) is 20.7 Å². The average Bonchev–Trinajstić information content (AvgIpc) is 3.08. The van der Waals surface area contributed by atoms with Gasteiger partial charge in [0.2, 0.25) is 0 Å². The summed E-state index contributed by atoms with van der Waals surface area (Å²) in [5.41, 5.74) is 0.781. The zero-order valence-corrected chi connectivity index (χ0v) is 13.2. The third kappa shape index (κ3) is 3.41. The zero-order chi connectivity index (χ0) is 16.9. The number of nitrogens with one attached hydrogen (secondary N) is 2. The number of nitrogens with zero attached hydrogens (tertiary/aromatic N) is 1. The Bertz CT molecular complexity index is 878. The van der Waals surface area contributed by atoms with Gasteiger partial charge in [-0.2, -0.15) is 0 Å². The number of anilines is 2. The Kier molecular flexibility index (Phi) is 4.53. The van der Waals surface area contributed by atoms with Crippen molar-refractivity contribution in [2.75, 3.05) is 10.6 Å². The van der Waals surface area contributed by atoms with E-state index in [1.165, 1.54) is 23.5 Å². The van der Waals surface area contributed by atoms with Crippen LogP contribution in [0.4, 0.5) is 10.8 Å². The van der Waals surface area contributed by atoms with E-state index in [2.05, 4.69) is 15.6 Å². The second-order valence-electron chi connectivity index (χ2n) is 4.81. The Balaban J connectivity index is 1.83. The fraction of sp³-hybridized carbons (Fsp3) is 0. The highest BCUT2D eigenvalue weighted by Gasteiger charge is 2.16. The summed E-state index contributed by atoms with van der Waals surface area (Å²) in [6, 6.07) is 12.8. The second kappa shape index (κ2) is 6.93. The lowest BCUT2D eigenvalue weighted by Crippen LogP contribution is -2.18. The number of phenols is 1. The van der Waals surface area contributed by atoms with Gasteiger partial charge in [0.25, 0.3) is 11.8 Å². The molecule has 3 rings (SSSR count). The predicted molar refractivity (Wildman–Crippen MR) is 92.6 cm³/mol. The third-order valence-corrected chi connectivity index (χ3v) is 3.91. The number of hydrogen-bond donors (Lipinski definition) is 3. The topological polar surface area (TPSA) is 91.3 Å². The molecule has 0 aliphatic heterocycles. The van der Waals surface area contributed by atoms with E-state index in [1.54, 1.807) is 48.0 Å². The molecule has 1 aromatic heterocycles. The summed E-state index contributed by atoms with van der Waals surface area (Å²) in [6.45, 7) is 0. The Morgan fingerprint density at radius 3 is 2.29 bits per heavy atom. The first kappa shape index (κ1) is 15.7. The molecule has 0 aliphatic carbocycles. The number of para-hydroxylation sites is 2. The number of aromatic hydroxyl groups is 1. The highest BCUT2D eigenvalue weighted by molar-refractivity contribution is 7.13. The fourth-order valence-corrected chi connectivity index (χ4v) is 2.62. The van der Waals surface area contributed by atoms with Crippen LogP contribution in [0.3, 0.4) is 0 Å².